The van der Waals surface area contributed by atoms with Crippen LogP contribution < -0.4 is 11.1 Å². The molecule has 0 radical (unpaired) electrons. The molecule has 21 heavy (non-hydrogen) atoms. The standard InChI is InChI=1S/C15H20N4S2/c1-5-11-7-17-15(21-11)10(4)19-12-6-8(2)18-9(3)13(12)14(16)20/h6-7,10H,5H2,1-4H3,(H2,16,20)(H,18,19). The Bertz CT molecular complexity index is 664. The fraction of sp³-hybridized carbons (Fsp3) is 0.400. The predicted molar refractivity (Wildman–Crippen MR) is 93.1 cm³/mol. The minimum atomic E-state index is 0.101. The number of hydrogen-bond acceptors (Lipinski definition) is 5. The van der Waals surface area contributed by atoms with Crippen molar-refractivity contribution in [1.29, 1.82) is 0 Å². The molecule has 4 nitrogen and oxygen atoms in total. The predicted octanol–water partition coefficient (Wildman–Crippen LogP) is 3.52. The van der Waals surface area contributed by atoms with E-state index in [1.54, 1.807) is 11.3 Å². The van der Waals surface area contributed by atoms with E-state index in [-0.39, 0.29) is 6.04 Å². The lowest BCUT2D eigenvalue weighted by Crippen LogP contribution is -2.17. The molecule has 0 aromatic carbocycles. The molecule has 0 saturated heterocycles. The number of nitrogens with one attached hydrogen (secondary N) is 1. The molecular weight excluding hydrogens is 300 g/mol. The second-order valence-corrected chi connectivity index (χ2v) is 6.61. The first kappa shape index (κ1) is 15.9. The molecule has 0 spiro atoms. The van der Waals surface area contributed by atoms with Crippen molar-refractivity contribution in [2.75, 3.05) is 5.32 Å². The highest BCUT2D eigenvalue weighted by atomic mass is 32.1. The smallest absolute Gasteiger partial charge is 0.115 e. The quantitative estimate of drug-likeness (QED) is 0.825. The number of pyridine rings is 1. The number of rotatable bonds is 5. The van der Waals surface area contributed by atoms with Crippen molar-refractivity contribution in [3.05, 3.63) is 39.1 Å². The Morgan fingerprint density at radius 1 is 1.48 bits per heavy atom. The maximum atomic E-state index is 5.84. The van der Waals surface area contributed by atoms with Crippen LogP contribution in [0.25, 0.3) is 0 Å². The van der Waals surface area contributed by atoms with Gasteiger partial charge in [0.15, 0.2) is 0 Å². The van der Waals surface area contributed by atoms with Crippen LogP contribution in [-0.4, -0.2) is 15.0 Å². The number of aromatic nitrogens is 2. The van der Waals surface area contributed by atoms with Crippen molar-refractivity contribution in [2.24, 2.45) is 5.73 Å². The van der Waals surface area contributed by atoms with E-state index in [1.807, 2.05) is 26.1 Å². The number of thiazole rings is 1. The summed E-state index contributed by atoms with van der Waals surface area (Å²) in [7, 11) is 0. The Labute approximate surface area is 134 Å². The molecule has 2 aromatic rings. The minimum Gasteiger partial charge on any atom is -0.389 e. The van der Waals surface area contributed by atoms with Crippen LogP contribution in [-0.2, 0) is 6.42 Å². The fourth-order valence-electron chi connectivity index (χ4n) is 2.23. The number of nitrogens with zero attached hydrogens (tertiary/aromatic N) is 2. The zero-order valence-electron chi connectivity index (χ0n) is 12.7. The van der Waals surface area contributed by atoms with Crippen LogP contribution >= 0.6 is 23.6 Å². The molecule has 0 bridgehead atoms. The summed E-state index contributed by atoms with van der Waals surface area (Å²) in [6.07, 6.45) is 2.95. The molecule has 2 heterocycles. The number of thiocarbonyl (C=S) groups is 1. The molecule has 3 N–H and O–H groups in total. The molecular formula is C15H20N4S2. The van der Waals surface area contributed by atoms with Crippen LogP contribution in [0.5, 0.6) is 0 Å². The Morgan fingerprint density at radius 3 is 2.76 bits per heavy atom. The molecule has 1 atom stereocenters. The van der Waals surface area contributed by atoms with Crippen LogP contribution in [0.2, 0.25) is 0 Å². The van der Waals surface area contributed by atoms with Gasteiger partial charge >= 0.3 is 0 Å². The largest absolute Gasteiger partial charge is 0.389 e. The summed E-state index contributed by atoms with van der Waals surface area (Å²) >= 11 is 6.89. The Balaban J connectivity index is 2.32. The second kappa shape index (κ2) is 6.49. The molecule has 1 unspecified atom stereocenters. The third-order valence-electron chi connectivity index (χ3n) is 3.24. The lowest BCUT2D eigenvalue weighted by Gasteiger charge is -2.18. The third kappa shape index (κ3) is 3.57. The van der Waals surface area contributed by atoms with Gasteiger partial charge in [-0.3, -0.25) is 4.98 Å². The molecule has 0 aliphatic heterocycles. The van der Waals surface area contributed by atoms with Crippen molar-refractivity contribution < 1.29 is 0 Å². The number of aryl methyl sites for hydroxylation is 3. The lowest BCUT2D eigenvalue weighted by atomic mass is 10.1. The van der Waals surface area contributed by atoms with E-state index < -0.39 is 0 Å². The van der Waals surface area contributed by atoms with Crippen molar-refractivity contribution >= 4 is 34.2 Å². The molecule has 2 rings (SSSR count). The van der Waals surface area contributed by atoms with E-state index in [1.165, 1.54) is 4.88 Å². The third-order valence-corrected chi connectivity index (χ3v) is 4.77. The van der Waals surface area contributed by atoms with E-state index in [9.17, 15) is 0 Å². The summed E-state index contributed by atoms with van der Waals surface area (Å²) in [5, 5.41) is 4.53. The van der Waals surface area contributed by atoms with E-state index in [4.69, 9.17) is 18.0 Å². The first-order chi connectivity index (χ1) is 9.92. The van der Waals surface area contributed by atoms with Crippen LogP contribution in [0.3, 0.4) is 0 Å². The molecule has 0 aliphatic carbocycles. The summed E-state index contributed by atoms with van der Waals surface area (Å²) in [5.41, 5.74) is 9.38. The average Bonchev–Trinajstić information content (AvgIpc) is 2.85. The normalized spacial score (nSPS) is 12.2. The summed E-state index contributed by atoms with van der Waals surface area (Å²) < 4.78 is 0. The second-order valence-electron chi connectivity index (χ2n) is 5.02. The van der Waals surface area contributed by atoms with Crippen molar-refractivity contribution in [2.45, 2.75) is 40.2 Å². The number of hydrogen-bond donors (Lipinski definition) is 2. The molecule has 0 fully saturated rings. The first-order valence-electron chi connectivity index (χ1n) is 6.91. The number of anilines is 1. The SMILES string of the molecule is CCc1cnc(C(C)Nc2cc(C)nc(C)c2C(N)=S)s1. The molecule has 6 heteroatoms. The first-order valence-corrected chi connectivity index (χ1v) is 8.14. The van der Waals surface area contributed by atoms with Gasteiger partial charge in [0.25, 0.3) is 0 Å². The van der Waals surface area contributed by atoms with Gasteiger partial charge in [-0.1, -0.05) is 19.1 Å². The maximum Gasteiger partial charge on any atom is 0.115 e. The Kier molecular flexibility index (Phi) is 4.90. The maximum absolute atomic E-state index is 5.84. The fourth-order valence-corrected chi connectivity index (χ4v) is 3.35. The highest BCUT2D eigenvalue weighted by Crippen LogP contribution is 2.27. The average molecular weight is 320 g/mol. The zero-order chi connectivity index (χ0) is 15.6. The topological polar surface area (TPSA) is 63.8 Å². The Morgan fingerprint density at radius 2 is 2.19 bits per heavy atom. The summed E-state index contributed by atoms with van der Waals surface area (Å²) in [6.45, 7) is 8.11. The minimum absolute atomic E-state index is 0.101. The van der Waals surface area contributed by atoms with Gasteiger partial charge < -0.3 is 11.1 Å². The van der Waals surface area contributed by atoms with Crippen LogP contribution in [0, 0.1) is 13.8 Å². The molecule has 2 aromatic heterocycles. The monoisotopic (exact) mass is 320 g/mol. The van der Waals surface area contributed by atoms with Crippen LogP contribution in [0.4, 0.5) is 5.69 Å². The van der Waals surface area contributed by atoms with E-state index in [0.29, 0.717) is 4.99 Å². The molecule has 0 amide bonds. The van der Waals surface area contributed by atoms with Gasteiger partial charge in [-0.25, -0.2) is 4.98 Å². The van der Waals surface area contributed by atoms with Crippen LogP contribution in [0.15, 0.2) is 12.3 Å². The van der Waals surface area contributed by atoms with Gasteiger partial charge in [0.05, 0.1) is 11.6 Å². The van der Waals surface area contributed by atoms with E-state index in [0.717, 1.165) is 34.1 Å². The van der Waals surface area contributed by atoms with E-state index in [2.05, 4.69) is 29.1 Å². The van der Waals surface area contributed by atoms with Crippen molar-refractivity contribution in [3.8, 4) is 0 Å². The Hall–Kier alpha value is -1.53. The van der Waals surface area contributed by atoms with Crippen molar-refractivity contribution in [1.82, 2.24) is 9.97 Å². The van der Waals surface area contributed by atoms with Gasteiger partial charge in [-0.2, -0.15) is 0 Å². The van der Waals surface area contributed by atoms with Gasteiger partial charge in [0, 0.05) is 28.1 Å². The van der Waals surface area contributed by atoms with Gasteiger partial charge in [0.1, 0.15) is 10.00 Å². The lowest BCUT2D eigenvalue weighted by molar-refractivity contribution is 0.866. The summed E-state index contributed by atoms with van der Waals surface area (Å²) in [6, 6.07) is 2.08. The van der Waals surface area contributed by atoms with E-state index >= 15 is 0 Å². The molecule has 0 saturated carbocycles. The van der Waals surface area contributed by atoms with Crippen molar-refractivity contribution in [3.63, 3.8) is 0 Å². The van der Waals surface area contributed by atoms with Gasteiger partial charge in [-0.15, -0.1) is 11.3 Å². The van der Waals surface area contributed by atoms with Gasteiger partial charge in [-0.05, 0) is 33.3 Å². The molecule has 112 valence electrons. The number of nitrogens with two attached hydrogens (primary N) is 1. The molecule has 0 aliphatic rings. The van der Waals surface area contributed by atoms with Gasteiger partial charge in [0.2, 0.25) is 0 Å². The van der Waals surface area contributed by atoms with Crippen LogP contribution in [0.1, 0.15) is 46.7 Å². The highest BCUT2D eigenvalue weighted by Gasteiger charge is 2.15. The summed E-state index contributed by atoms with van der Waals surface area (Å²) in [5.74, 6) is 0. The zero-order valence-corrected chi connectivity index (χ0v) is 14.4. The summed E-state index contributed by atoms with van der Waals surface area (Å²) in [4.78, 5) is 10.6. The highest BCUT2D eigenvalue weighted by molar-refractivity contribution is 7.80.